The molecule has 7 nitrogen and oxygen atoms in total. The number of benzene rings is 2. The maximum Gasteiger partial charge on any atom is 0.269 e. The molecule has 0 saturated heterocycles. The molecule has 0 unspecified atom stereocenters. The lowest BCUT2D eigenvalue weighted by Gasteiger charge is -2.09. The number of nitrogens with two attached hydrogens (primary N) is 1. The van der Waals surface area contributed by atoms with Crippen LogP contribution < -0.4 is 16.0 Å². The highest BCUT2D eigenvalue weighted by molar-refractivity contribution is 7.89. The molecule has 132 valence electrons. The number of primary sulfonamides is 1. The molecule has 0 radical (unpaired) electrons. The maximum absolute atomic E-state index is 12.0. The molecule has 25 heavy (non-hydrogen) atoms. The van der Waals surface area contributed by atoms with E-state index in [9.17, 15) is 18.0 Å². The highest BCUT2D eigenvalue weighted by atomic mass is 35.5. The highest BCUT2D eigenvalue weighted by Gasteiger charge is 2.16. The van der Waals surface area contributed by atoms with Gasteiger partial charge in [-0.3, -0.25) is 20.4 Å². The van der Waals surface area contributed by atoms with Crippen LogP contribution in [-0.4, -0.2) is 20.2 Å². The van der Waals surface area contributed by atoms with E-state index in [-0.39, 0.29) is 21.9 Å². The molecule has 2 rings (SSSR count). The van der Waals surface area contributed by atoms with Crippen molar-refractivity contribution in [3.05, 3.63) is 63.6 Å². The fourth-order valence-corrected chi connectivity index (χ4v) is 3.09. The van der Waals surface area contributed by atoms with Gasteiger partial charge in [-0.15, -0.1) is 0 Å². The van der Waals surface area contributed by atoms with Crippen LogP contribution in [0.5, 0.6) is 0 Å². The first-order chi connectivity index (χ1) is 11.7. The molecule has 0 spiro atoms. The van der Waals surface area contributed by atoms with Crippen LogP contribution in [0.25, 0.3) is 0 Å². The summed E-state index contributed by atoms with van der Waals surface area (Å²) in [6, 6.07) is 10.2. The fourth-order valence-electron chi connectivity index (χ4n) is 1.89. The third-order valence-corrected chi connectivity index (χ3v) is 4.74. The van der Waals surface area contributed by atoms with E-state index in [1.54, 1.807) is 24.3 Å². The van der Waals surface area contributed by atoms with Crippen LogP contribution in [0.4, 0.5) is 0 Å². The van der Waals surface area contributed by atoms with Crippen molar-refractivity contribution in [2.45, 2.75) is 11.3 Å². The van der Waals surface area contributed by atoms with Gasteiger partial charge in [0.15, 0.2) is 0 Å². The van der Waals surface area contributed by atoms with Crippen LogP contribution >= 0.6 is 23.2 Å². The van der Waals surface area contributed by atoms with Gasteiger partial charge in [0.2, 0.25) is 15.9 Å². The van der Waals surface area contributed by atoms with Crippen LogP contribution in [0.2, 0.25) is 10.0 Å². The van der Waals surface area contributed by atoms with Gasteiger partial charge < -0.3 is 0 Å². The monoisotopic (exact) mass is 401 g/mol. The van der Waals surface area contributed by atoms with Crippen LogP contribution in [0.3, 0.4) is 0 Å². The predicted octanol–water partition coefficient (Wildman–Crippen LogP) is 1.64. The summed E-state index contributed by atoms with van der Waals surface area (Å²) in [5.74, 6) is -1.18. The summed E-state index contributed by atoms with van der Waals surface area (Å²) in [5.41, 5.74) is 5.10. The molecule has 0 aliphatic heterocycles. The quantitative estimate of drug-likeness (QED) is 0.674. The smallest absolute Gasteiger partial charge is 0.269 e. The largest absolute Gasteiger partial charge is 0.273 e. The molecule has 2 aromatic carbocycles. The minimum atomic E-state index is -4.08. The van der Waals surface area contributed by atoms with E-state index < -0.39 is 21.8 Å². The molecule has 4 N–H and O–H groups in total. The van der Waals surface area contributed by atoms with E-state index in [0.29, 0.717) is 10.6 Å². The number of halogens is 2. The number of rotatable bonds is 4. The lowest BCUT2D eigenvalue weighted by atomic mass is 10.1. The molecule has 0 aromatic heterocycles. The predicted molar refractivity (Wildman–Crippen MR) is 93.6 cm³/mol. The Morgan fingerprint density at radius 1 is 1.00 bits per heavy atom. The Morgan fingerprint density at radius 3 is 2.24 bits per heavy atom. The SMILES string of the molecule is NS(=O)(=O)c1cc(C(=O)NNC(=O)Cc2ccc(Cl)cc2)ccc1Cl. The van der Waals surface area contributed by atoms with Gasteiger partial charge in [0.1, 0.15) is 4.90 Å². The summed E-state index contributed by atoms with van der Waals surface area (Å²) in [6.45, 7) is 0. The Morgan fingerprint density at radius 2 is 1.64 bits per heavy atom. The van der Waals surface area contributed by atoms with Gasteiger partial charge in [-0.1, -0.05) is 35.3 Å². The van der Waals surface area contributed by atoms with E-state index in [1.165, 1.54) is 12.1 Å². The molecule has 0 saturated carbocycles. The molecule has 0 heterocycles. The lowest BCUT2D eigenvalue weighted by Crippen LogP contribution is -2.42. The van der Waals surface area contributed by atoms with Gasteiger partial charge in [-0.25, -0.2) is 13.6 Å². The van der Waals surface area contributed by atoms with E-state index in [1.807, 2.05) is 0 Å². The summed E-state index contributed by atoms with van der Waals surface area (Å²) in [4.78, 5) is 23.5. The maximum atomic E-state index is 12.0. The Balaban J connectivity index is 2.00. The second kappa shape index (κ2) is 7.83. The van der Waals surface area contributed by atoms with Gasteiger partial charge in [-0.2, -0.15) is 0 Å². The second-order valence-corrected chi connectivity index (χ2v) is 7.37. The summed E-state index contributed by atoms with van der Waals surface area (Å²) < 4.78 is 22.8. The number of amides is 2. The van der Waals surface area contributed by atoms with Crippen molar-refractivity contribution < 1.29 is 18.0 Å². The normalized spacial score (nSPS) is 11.0. The standard InChI is InChI=1S/C15H13Cl2N3O4S/c16-11-4-1-9(2-5-11)7-14(21)19-20-15(22)10-3-6-12(17)13(8-10)25(18,23)24/h1-6,8H,7H2,(H,19,21)(H,20,22)(H2,18,23,24). The van der Waals surface area contributed by atoms with Gasteiger partial charge in [-0.05, 0) is 35.9 Å². The van der Waals surface area contributed by atoms with Crippen LogP contribution in [0.1, 0.15) is 15.9 Å². The molecule has 10 heteroatoms. The third kappa shape index (κ3) is 5.43. The Kier molecular flexibility index (Phi) is 6.02. The van der Waals surface area contributed by atoms with E-state index in [0.717, 1.165) is 6.07 Å². The van der Waals surface area contributed by atoms with Crippen molar-refractivity contribution in [1.82, 2.24) is 10.9 Å². The average Bonchev–Trinajstić information content (AvgIpc) is 2.54. The summed E-state index contributed by atoms with van der Waals surface area (Å²) in [7, 11) is -4.08. The van der Waals surface area contributed by atoms with E-state index in [4.69, 9.17) is 28.3 Å². The fraction of sp³-hybridized carbons (Fsp3) is 0.0667. The zero-order valence-corrected chi connectivity index (χ0v) is 15.0. The number of hydrogen-bond donors (Lipinski definition) is 3. The molecule has 0 atom stereocenters. The molecule has 0 bridgehead atoms. The van der Waals surface area contributed by atoms with E-state index in [2.05, 4.69) is 10.9 Å². The summed E-state index contributed by atoms with van der Waals surface area (Å²) in [6.07, 6.45) is 0.0283. The number of sulfonamides is 1. The zero-order valence-electron chi connectivity index (χ0n) is 12.6. The Bertz CT molecular complexity index is 915. The van der Waals surface area contributed by atoms with Gasteiger partial charge in [0.05, 0.1) is 11.4 Å². The number of nitrogens with one attached hydrogen (secondary N) is 2. The first kappa shape index (κ1) is 19.2. The van der Waals surface area contributed by atoms with Gasteiger partial charge in [0, 0.05) is 10.6 Å². The Hall–Kier alpha value is -2.13. The highest BCUT2D eigenvalue weighted by Crippen LogP contribution is 2.21. The van der Waals surface area contributed by atoms with Crippen molar-refractivity contribution >= 4 is 45.0 Å². The van der Waals surface area contributed by atoms with Crippen molar-refractivity contribution in [2.75, 3.05) is 0 Å². The van der Waals surface area contributed by atoms with Crippen molar-refractivity contribution in [3.8, 4) is 0 Å². The summed E-state index contributed by atoms with van der Waals surface area (Å²) in [5, 5.41) is 5.46. The van der Waals surface area contributed by atoms with Crippen molar-refractivity contribution in [2.24, 2.45) is 5.14 Å². The molecule has 0 aliphatic rings. The van der Waals surface area contributed by atoms with Crippen LogP contribution in [0.15, 0.2) is 47.4 Å². The number of hydrazine groups is 1. The molecule has 2 amide bonds. The minimum Gasteiger partial charge on any atom is -0.273 e. The van der Waals surface area contributed by atoms with Gasteiger partial charge >= 0.3 is 0 Å². The lowest BCUT2D eigenvalue weighted by molar-refractivity contribution is -0.121. The Labute approximate surface area is 154 Å². The first-order valence-corrected chi connectivity index (χ1v) is 9.13. The zero-order chi connectivity index (χ0) is 18.6. The van der Waals surface area contributed by atoms with E-state index >= 15 is 0 Å². The minimum absolute atomic E-state index is 0.0276. The first-order valence-electron chi connectivity index (χ1n) is 6.83. The third-order valence-electron chi connectivity index (χ3n) is 3.09. The van der Waals surface area contributed by atoms with Crippen molar-refractivity contribution in [3.63, 3.8) is 0 Å². The van der Waals surface area contributed by atoms with Crippen LogP contribution in [0, 0.1) is 0 Å². The number of carbonyl (C=O) groups excluding carboxylic acids is 2. The topological polar surface area (TPSA) is 118 Å². The van der Waals surface area contributed by atoms with Gasteiger partial charge in [0.25, 0.3) is 5.91 Å². The molecule has 0 fully saturated rings. The van der Waals surface area contributed by atoms with Crippen LogP contribution in [-0.2, 0) is 21.2 Å². The molecular weight excluding hydrogens is 389 g/mol. The molecular formula is C15H13Cl2N3O4S. The summed E-state index contributed by atoms with van der Waals surface area (Å²) >= 11 is 11.5. The van der Waals surface area contributed by atoms with Crippen molar-refractivity contribution in [1.29, 1.82) is 0 Å². The number of hydrogen-bond acceptors (Lipinski definition) is 4. The average molecular weight is 402 g/mol. The molecule has 2 aromatic rings. The number of carbonyl (C=O) groups is 2. The second-order valence-electron chi connectivity index (χ2n) is 5.00. The molecule has 0 aliphatic carbocycles.